The number of rotatable bonds is 8. The van der Waals surface area contributed by atoms with Crippen LogP contribution in [-0.2, 0) is 13.6 Å². The molecule has 0 aliphatic carbocycles. The number of aryl methyl sites for hydroxylation is 2. The third-order valence-corrected chi connectivity index (χ3v) is 3.86. The highest BCUT2D eigenvalue weighted by molar-refractivity contribution is 5.52. The molecule has 1 aromatic carbocycles. The maximum Gasteiger partial charge on any atom is 0.288 e. The summed E-state index contributed by atoms with van der Waals surface area (Å²) in [5.74, 6) is 1.30. The van der Waals surface area contributed by atoms with Gasteiger partial charge >= 0.3 is 0 Å². The lowest BCUT2D eigenvalue weighted by Gasteiger charge is -2.03. The molecule has 0 fully saturated rings. The van der Waals surface area contributed by atoms with E-state index in [1.807, 2.05) is 0 Å². The normalized spacial score (nSPS) is 10.9. The summed E-state index contributed by atoms with van der Waals surface area (Å²) in [6, 6.07) is 10.7. The van der Waals surface area contributed by atoms with Gasteiger partial charge < -0.3 is 0 Å². The Balaban J connectivity index is 1.93. The number of imidazole rings is 1. The SMILES string of the molecule is CCCCCCCCn1cc[n+](C)c1-c1ccccc1. The molecule has 2 aromatic rings. The number of benzene rings is 1. The molecule has 2 nitrogen and oxygen atoms in total. The Morgan fingerprint density at radius 3 is 2.40 bits per heavy atom. The first kappa shape index (κ1) is 14.8. The number of hydrogen-bond donors (Lipinski definition) is 0. The summed E-state index contributed by atoms with van der Waals surface area (Å²) in [5, 5.41) is 0. The minimum atomic E-state index is 1.12. The average molecular weight is 271 g/mol. The smallest absolute Gasteiger partial charge is 0.233 e. The van der Waals surface area contributed by atoms with Crippen molar-refractivity contribution in [2.75, 3.05) is 0 Å². The Bertz CT molecular complexity index is 499. The third-order valence-electron chi connectivity index (χ3n) is 3.86. The highest BCUT2D eigenvalue weighted by Gasteiger charge is 2.15. The van der Waals surface area contributed by atoms with Crippen molar-refractivity contribution in [2.24, 2.45) is 7.05 Å². The van der Waals surface area contributed by atoms with E-state index in [2.05, 4.69) is 65.8 Å². The van der Waals surface area contributed by atoms with Crippen LogP contribution < -0.4 is 4.57 Å². The van der Waals surface area contributed by atoms with Crippen LogP contribution in [-0.4, -0.2) is 4.57 Å². The molecule has 0 aliphatic heterocycles. The van der Waals surface area contributed by atoms with Crippen molar-refractivity contribution < 1.29 is 4.57 Å². The second kappa shape index (κ2) is 7.88. The summed E-state index contributed by atoms with van der Waals surface area (Å²) >= 11 is 0. The molecule has 0 bridgehead atoms. The first-order chi connectivity index (χ1) is 9.83. The Kier molecular flexibility index (Phi) is 5.85. The van der Waals surface area contributed by atoms with Gasteiger partial charge in [0.2, 0.25) is 0 Å². The largest absolute Gasteiger partial charge is 0.288 e. The monoisotopic (exact) mass is 271 g/mol. The van der Waals surface area contributed by atoms with Gasteiger partial charge in [0.25, 0.3) is 5.82 Å². The molecule has 2 rings (SSSR count). The second-order valence-electron chi connectivity index (χ2n) is 5.56. The minimum absolute atomic E-state index is 1.12. The van der Waals surface area contributed by atoms with Crippen molar-refractivity contribution in [2.45, 2.75) is 52.0 Å². The highest BCUT2D eigenvalue weighted by atomic mass is 15.1. The molecule has 0 spiro atoms. The van der Waals surface area contributed by atoms with E-state index < -0.39 is 0 Å². The van der Waals surface area contributed by atoms with Crippen molar-refractivity contribution in [3.8, 4) is 11.4 Å². The van der Waals surface area contributed by atoms with E-state index in [1.54, 1.807) is 0 Å². The summed E-state index contributed by atoms with van der Waals surface area (Å²) in [6.45, 7) is 3.39. The van der Waals surface area contributed by atoms with Gasteiger partial charge in [0.05, 0.1) is 19.2 Å². The van der Waals surface area contributed by atoms with Crippen molar-refractivity contribution in [1.82, 2.24) is 4.57 Å². The molecular weight excluding hydrogens is 244 g/mol. The van der Waals surface area contributed by atoms with Crippen LogP contribution in [0.1, 0.15) is 45.4 Å². The van der Waals surface area contributed by atoms with Crippen LogP contribution in [0.5, 0.6) is 0 Å². The van der Waals surface area contributed by atoms with E-state index in [0.29, 0.717) is 0 Å². The average Bonchev–Trinajstić information content (AvgIpc) is 2.84. The van der Waals surface area contributed by atoms with Crippen LogP contribution in [0.15, 0.2) is 42.7 Å². The maximum absolute atomic E-state index is 2.38. The number of hydrogen-bond acceptors (Lipinski definition) is 0. The Hall–Kier alpha value is -1.57. The molecular formula is C18H27N2+. The van der Waals surface area contributed by atoms with Crippen LogP contribution in [0.4, 0.5) is 0 Å². The van der Waals surface area contributed by atoms with Crippen molar-refractivity contribution in [3.05, 3.63) is 42.7 Å². The predicted octanol–water partition coefficient (Wildman–Crippen LogP) is 4.34. The summed E-state index contributed by atoms with van der Waals surface area (Å²) < 4.78 is 4.60. The fraction of sp³-hybridized carbons (Fsp3) is 0.500. The molecule has 1 aromatic heterocycles. The Morgan fingerprint density at radius 1 is 0.950 bits per heavy atom. The molecule has 0 atom stereocenters. The third kappa shape index (κ3) is 3.96. The zero-order chi connectivity index (χ0) is 14.2. The summed E-state index contributed by atoms with van der Waals surface area (Å²) in [4.78, 5) is 0. The van der Waals surface area contributed by atoms with E-state index in [1.165, 1.54) is 49.9 Å². The maximum atomic E-state index is 2.38. The van der Waals surface area contributed by atoms with Crippen LogP contribution in [0.25, 0.3) is 11.4 Å². The van der Waals surface area contributed by atoms with Crippen molar-refractivity contribution in [1.29, 1.82) is 0 Å². The standard InChI is InChI=1S/C18H27N2/c1-3-4-5-6-7-11-14-20-16-15-19(2)18(20)17-12-9-8-10-13-17/h8-10,12-13,15-16H,3-7,11,14H2,1-2H3/q+1. The molecule has 0 amide bonds. The van der Waals surface area contributed by atoms with E-state index in [4.69, 9.17) is 0 Å². The Labute approximate surface area is 123 Å². The van der Waals surface area contributed by atoms with E-state index >= 15 is 0 Å². The predicted molar refractivity (Wildman–Crippen MR) is 84.4 cm³/mol. The van der Waals surface area contributed by atoms with Gasteiger partial charge in [-0.1, -0.05) is 50.8 Å². The van der Waals surface area contributed by atoms with E-state index in [0.717, 1.165) is 6.54 Å². The first-order valence-electron chi connectivity index (χ1n) is 7.93. The van der Waals surface area contributed by atoms with E-state index in [-0.39, 0.29) is 0 Å². The molecule has 0 unspecified atom stereocenters. The fourth-order valence-electron chi connectivity index (χ4n) is 2.72. The van der Waals surface area contributed by atoms with Crippen molar-refractivity contribution in [3.63, 3.8) is 0 Å². The lowest BCUT2D eigenvalue weighted by Crippen LogP contribution is -2.29. The topological polar surface area (TPSA) is 8.81 Å². The zero-order valence-corrected chi connectivity index (χ0v) is 12.9. The van der Waals surface area contributed by atoms with E-state index in [9.17, 15) is 0 Å². The number of aromatic nitrogens is 2. The summed E-state index contributed by atoms with van der Waals surface area (Å²) in [7, 11) is 2.13. The first-order valence-corrected chi connectivity index (χ1v) is 7.93. The lowest BCUT2D eigenvalue weighted by molar-refractivity contribution is -0.659. The van der Waals surface area contributed by atoms with Crippen LogP contribution >= 0.6 is 0 Å². The molecule has 2 heteroatoms. The van der Waals surface area contributed by atoms with Gasteiger partial charge in [0.15, 0.2) is 0 Å². The highest BCUT2D eigenvalue weighted by Crippen LogP contribution is 2.16. The molecule has 0 aliphatic rings. The fourth-order valence-corrected chi connectivity index (χ4v) is 2.72. The molecule has 108 valence electrons. The van der Waals surface area contributed by atoms with Gasteiger partial charge in [-0.25, -0.2) is 9.13 Å². The molecule has 0 saturated heterocycles. The Morgan fingerprint density at radius 2 is 1.65 bits per heavy atom. The second-order valence-corrected chi connectivity index (χ2v) is 5.56. The molecule has 0 N–H and O–H groups in total. The molecule has 20 heavy (non-hydrogen) atoms. The quantitative estimate of drug-likeness (QED) is 0.499. The summed E-state index contributed by atoms with van der Waals surface area (Å²) in [6.07, 6.45) is 12.4. The summed E-state index contributed by atoms with van der Waals surface area (Å²) in [5.41, 5.74) is 1.30. The van der Waals surface area contributed by atoms with Crippen molar-refractivity contribution >= 4 is 0 Å². The lowest BCUT2D eigenvalue weighted by atomic mass is 10.1. The molecule has 1 heterocycles. The zero-order valence-electron chi connectivity index (χ0n) is 12.9. The van der Waals surface area contributed by atoms with Gasteiger partial charge in [-0.05, 0) is 25.0 Å². The van der Waals surface area contributed by atoms with Crippen LogP contribution in [0, 0.1) is 0 Å². The van der Waals surface area contributed by atoms with Crippen LogP contribution in [0.3, 0.4) is 0 Å². The number of unbranched alkanes of at least 4 members (excludes halogenated alkanes) is 5. The van der Waals surface area contributed by atoms with Crippen LogP contribution in [0.2, 0.25) is 0 Å². The van der Waals surface area contributed by atoms with Gasteiger partial charge in [-0.3, -0.25) is 0 Å². The van der Waals surface area contributed by atoms with Gasteiger partial charge in [-0.15, -0.1) is 0 Å². The van der Waals surface area contributed by atoms with Gasteiger partial charge in [-0.2, -0.15) is 0 Å². The minimum Gasteiger partial charge on any atom is -0.233 e. The van der Waals surface area contributed by atoms with Gasteiger partial charge in [0.1, 0.15) is 12.4 Å². The molecule has 0 saturated carbocycles. The number of nitrogens with zero attached hydrogens (tertiary/aromatic N) is 2. The van der Waals surface area contributed by atoms with Gasteiger partial charge in [0, 0.05) is 0 Å². The molecule has 0 radical (unpaired) electrons.